The van der Waals surface area contributed by atoms with E-state index in [4.69, 9.17) is 0 Å². The molecule has 1 fully saturated rings. The molecule has 1 saturated heterocycles. The summed E-state index contributed by atoms with van der Waals surface area (Å²) in [6.45, 7) is 2.30. The van der Waals surface area contributed by atoms with Crippen molar-refractivity contribution in [1.82, 2.24) is 0 Å². The van der Waals surface area contributed by atoms with Crippen molar-refractivity contribution in [2.24, 2.45) is 0 Å². The molecule has 42 valence electrons. The van der Waals surface area contributed by atoms with Crippen LogP contribution in [-0.4, -0.2) is 11.0 Å². The van der Waals surface area contributed by atoms with E-state index in [0.717, 1.165) is 5.25 Å². The van der Waals surface area contributed by atoms with Crippen molar-refractivity contribution >= 4 is 21.6 Å². The zero-order valence-electron chi connectivity index (χ0n) is 4.52. The standard InChI is InChI=1S/C5H10S2/c1-5-3-2-4-6-7-5/h5H,2-4H2,1H3. The topological polar surface area (TPSA) is 0 Å². The number of hydrogen-bond acceptors (Lipinski definition) is 2. The van der Waals surface area contributed by atoms with Crippen LogP contribution in [0.3, 0.4) is 0 Å². The molecule has 0 radical (unpaired) electrons. The summed E-state index contributed by atoms with van der Waals surface area (Å²) in [5, 5.41) is 0.916. The Balaban J connectivity index is 2.12. The van der Waals surface area contributed by atoms with E-state index in [-0.39, 0.29) is 0 Å². The molecule has 0 saturated carbocycles. The highest BCUT2D eigenvalue weighted by Crippen LogP contribution is 2.34. The van der Waals surface area contributed by atoms with Gasteiger partial charge in [0.2, 0.25) is 0 Å². The van der Waals surface area contributed by atoms with E-state index in [1.54, 1.807) is 0 Å². The van der Waals surface area contributed by atoms with Crippen LogP contribution in [0.5, 0.6) is 0 Å². The van der Waals surface area contributed by atoms with Crippen molar-refractivity contribution in [1.29, 1.82) is 0 Å². The van der Waals surface area contributed by atoms with Gasteiger partial charge in [-0.3, -0.25) is 0 Å². The monoisotopic (exact) mass is 134 g/mol. The fraction of sp³-hybridized carbons (Fsp3) is 1.00. The maximum atomic E-state index is 2.30. The molecule has 0 bridgehead atoms. The Morgan fingerprint density at radius 3 is 2.71 bits per heavy atom. The van der Waals surface area contributed by atoms with Crippen molar-refractivity contribution in [2.45, 2.75) is 25.0 Å². The second-order valence-electron chi connectivity index (χ2n) is 1.87. The van der Waals surface area contributed by atoms with Gasteiger partial charge in [0, 0.05) is 11.0 Å². The van der Waals surface area contributed by atoms with Gasteiger partial charge in [-0.1, -0.05) is 28.5 Å². The molecule has 1 aliphatic rings. The van der Waals surface area contributed by atoms with Crippen LogP contribution in [0.1, 0.15) is 19.8 Å². The van der Waals surface area contributed by atoms with Crippen LogP contribution in [0.15, 0.2) is 0 Å². The molecule has 0 spiro atoms. The van der Waals surface area contributed by atoms with E-state index < -0.39 is 0 Å². The highest BCUT2D eigenvalue weighted by Gasteiger charge is 2.07. The van der Waals surface area contributed by atoms with Crippen molar-refractivity contribution in [2.75, 3.05) is 5.75 Å². The van der Waals surface area contributed by atoms with Crippen molar-refractivity contribution in [3.63, 3.8) is 0 Å². The number of rotatable bonds is 0. The summed E-state index contributed by atoms with van der Waals surface area (Å²) < 4.78 is 0. The van der Waals surface area contributed by atoms with Gasteiger partial charge in [0.1, 0.15) is 0 Å². The Morgan fingerprint density at radius 1 is 1.57 bits per heavy atom. The third kappa shape index (κ3) is 1.96. The van der Waals surface area contributed by atoms with Crippen LogP contribution < -0.4 is 0 Å². The van der Waals surface area contributed by atoms with E-state index in [9.17, 15) is 0 Å². The molecule has 1 atom stereocenters. The van der Waals surface area contributed by atoms with Gasteiger partial charge >= 0.3 is 0 Å². The van der Waals surface area contributed by atoms with Crippen LogP contribution in [-0.2, 0) is 0 Å². The summed E-state index contributed by atoms with van der Waals surface area (Å²) >= 11 is 0. The Morgan fingerprint density at radius 2 is 2.43 bits per heavy atom. The van der Waals surface area contributed by atoms with Crippen LogP contribution in [0.4, 0.5) is 0 Å². The van der Waals surface area contributed by atoms with Crippen molar-refractivity contribution < 1.29 is 0 Å². The largest absolute Gasteiger partial charge is 0.0939 e. The second-order valence-corrected chi connectivity index (χ2v) is 4.80. The molecular formula is C5H10S2. The van der Waals surface area contributed by atoms with Crippen molar-refractivity contribution in [3.8, 4) is 0 Å². The first kappa shape index (κ1) is 5.83. The van der Waals surface area contributed by atoms with Crippen LogP contribution in [0.25, 0.3) is 0 Å². The van der Waals surface area contributed by atoms with Gasteiger partial charge < -0.3 is 0 Å². The minimum atomic E-state index is 0.916. The third-order valence-corrected chi connectivity index (χ3v) is 4.12. The minimum Gasteiger partial charge on any atom is -0.0939 e. The van der Waals surface area contributed by atoms with E-state index in [2.05, 4.69) is 6.92 Å². The molecule has 0 amide bonds. The first-order chi connectivity index (χ1) is 3.39. The Kier molecular flexibility index (Phi) is 2.40. The lowest BCUT2D eigenvalue weighted by atomic mass is 10.3. The zero-order valence-corrected chi connectivity index (χ0v) is 6.15. The highest BCUT2D eigenvalue weighted by atomic mass is 33.1. The Labute approximate surface area is 52.8 Å². The predicted molar refractivity (Wildman–Crippen MR) is 38.7 cm³/mol. The van der Waals surface area contributed by atoms with Gasteiger partial charge in [0.25, 0.3) is 0 Å². The minimum absolute atomic E-state index is 0.916. The molecule has 0 aromatic heterocycles. The zero-order chi connectivity index (χ0) is 5.11. The quantitative estimate of drug-likeness (QED) is 0.467. The maximum absolute atomic E-state index is 2.30. The van der Waals surface area contributed by atoms with Gasteiger partial charge in [0.05, 0.1) is 0 Å². The molecule has 1 aliphatic heterocycles. The average molecular weight is 134 g/mol. The summed E-state index contributed by atoms with van der Waals surface area (Å²) in [5.74, 6) is 1.37. The third-order valence-electron chi connectivity index (χ3n) is 1.07. The fourth-order valence-corrected chi connectivity index (χ4v) is 3.15. The van der Waals surface area contributed by atoms with Gasteiger partial charge in [-0.2, -0.15) is 0 Å². The second kappa shape index (κ2) is 2.88. The molecule has 1 heterocycles. The molecule has 0 nitrogen and oxygen atoms in total. The molecule has 0 aromatic rings. The summed E-state index contributed by atoms with van der Waals surface area (Å²) in [5.41, 5.74) is 0. The SMILES string of the molecule is CC1CCCSS1. The first-order valence-electron chi connectivity index (χ1n) is 2.68. The first-order valence-corrected chi connectivity index (χ1v) is 5.06. The van der Waals surface area contributed by atoms with Gasteiger partial charge in [0.15, 0.2) is 0 Å². The molecule has 7 heavy (non-hydrogen) atoms. The molecule has 0 aromatic carbocycles. The fourth-order valence-electron chi connectivity index (χ4n) is 0.642. The lowest BCUT2D eigenvalue weighted by Gasteiger charge is -2.14. The highest BCUT2D eigenvalue weighted by molar-refractivity contribution is 8.77. The van der Waals surface area contributed by atoms with Gasteiger partial charge in [-0.15, -0.1) is 0 Å². The van der Waals surface area contributed by atoms with E-state index in [0.29, 0.717) is 0 Å². The molecule has 2 heteroatoms. The van der Waals surface area contributed by atoms with E-state index in [1.165, 1.54) is 18.6 Å². The molecule has 1 rings (SSSR count). The molecule has 0 aliphatic carbocycles. The molecular weight excluding hydrogens is 124 g/mol. The number of hydrogen-bond donors (Lipinski definition) is 0. The molecule has 0 N–H and O–H groups in total. The lowest BCUT2D eigenvalue weighted by Crippen LogP contribution is -1.99. The predicted octanol–water partition coefficient (Wildman–Crippen LogP) is 2.55. The normalized spacial score (nSPS) is 33.0. The summed E-state index contributed by atoms with van der Waals surface area (Å²) in [7, 11) is 4.05. The van der Waals surface area contributed by atoms with Crippen molar-refractivity contribution in [3.05, 3.63) is 0 Å². The Bertz CT molecular complexity index is 48.0. The summed E-state index contributed by atoms with van der Waals surface area (Å²) in [4.78, 5) is 0. The van der Waals surface area contributed by atoms with Crippen LogP contribution in [0.2, 0.25) is 0 Å². The smallest absolute Gasteiger partial charge is 0.0123 e. The van der Waals surface area contributed by atoms with Crippen LogP contribution in [0, 0.1) is 0 Å². The van der Waals surface area contributed by atoms with E-state index >= 15 is 0 Å². The lowest BCUT2D eigenvalue weighted by molar-refractivity contribution is 0.793. The molecule has 1 unspecified atom stereocenters. The average Bonchev–Trinajstić information content (AvgIpc) is 1.69. The van der Waals surface area contributed by atoms with Gasteiger partial charge in [-0.05, 0) is 12.8 Å². The van der Waals surface area contributed by atoms with Gasteiger partial charge in [-0.25, -0.2) is 0 Å². The van der Waals surface area contributed by atoms with E-state index in [1.807, 2.05) is 21.6 Å². The maximum Gasteiger partial charge on any atom is 0.0123 e. The Hall–Kier alpha value is 0.700. The summed E-state index contributed by atoms with van der Waals surface area (Å²) in [6.07, 6.45) is 2.86. The van der Waals surface area contributed by atoms with Crippen LogP contribution >= 0.6 is 21.6 Å². The summed E-state index contributed by atoms with van der Waals surface area (Å²) in [6, 6.07) is 0.